The van der Waals surface area contributed by atoms with E-state index in [2.05, 4.69) is 15.2 Å². The highest BCUT2D eigenvalue weighted by Crippen LogP contribution is 2.33. The van der Waals surface area contributed by atoms with Gasteiger partial charge in [0, 0.05) is 55.7 Å². The summed E-state index contributed by atoms with van der Waals surface area (Å²) in [5, 5.41) is 3.93. The topological polar surface area (TPSA) is 68.8 Å². The van der Waals surface area contributed by atoms with Crippen molar-refractivity contribution in [2.45, 2.75) is 58.9 Å². The summed E-state index contributed by atoms with van der Waals surface area (Å²) in [5.41, 5.74) is 4.43. The van der Waals surface area contributed by atoms with Crippen molar-refractivity contribution in [1.82, 2.24) is 20.1 Å². The summed E-state index contributed by atoms with van der Waals surface area (Å²) in [4.78, 5) is 37.2. The third-order valence-corrected chi connectivity index (χ3v) is 9.07. The van der Waals surface area contributed by atoms with Gasteiger partial charge in [-0.15, -0.1) is 0 Å². The van der Waals surface area contributed by atoms with Crippen LogP contribution in [0.1, 0.15) is 59.3 Å². The highest BCUT2D eigenvalue weighted by atomic mass is 35.5. The fraction of sp³-hybridized carbons (Fsp3) is 0.567. The molecule has 3 aliphatic rings. The number of benzene rings is 1. The fourth-order valence-electron chi connectivity index (χ4n) is 6.49. The molecule has 5 rings (SSSR count). The Bertz CT molecular complexity index is 1150. The van der Waals surface area contributed by atoms with Crippen molar-refractivity contribution in [3.63, 3.8) is 0 Å². The van der Waals surface area contributed by atoms with E-state index in [1.54, 1.807) is 6.20 Å². The van der Waals surface area contributed by atoms with Gasteiger partial charge in [0.25, 0.3) is 5.91 Å². The Balaban J connectivity index is 1.15. The highest BCUT2D eigenvalue weighted by molar-refractivity contribution is 6.31. The monoisotopic (exact) mass is 537 g/mol. The van der Waals surface area contributed by atoms with Gasteiger partial charge in [0.2, 0.25) is 0 Å². The van der Waals surface area contributed by atoms with Crippen molar-refractivity contribution in [3.05, 3.63) is 57.9 Å². The minimum atomic E-state index is -0.0229. The molecule has 0 spiro atoms. The second kappa shape index (κ2) is 11.6. The van der Waals surface area contributed by atoms with Crippen molar-refractivity contribution >= 4 is 29.2 Å². The molecule has 3 amide bonds. The summed E-state index contributed by atoms with van der Waals surface area (Å²) in [6.07, 6.45) is 7.14. The molecule has 2 unspecified atom stereocenters. The molecule has 38 heavy (non-hydrogen) atoms. The van der Waals surface area contributed by atoms with Crippen molar-refractivity contribution < 1.29 is 9.59 Å². The van der Waals surface area contributed by atoms with Crippen LogP contribution in [0.2, 0.25) is 5.02 Å². The molecule has 3 fully saturated rings. The number of fused-ring (bicyclic) bond motifs is 1. The Morgan fingerprint density at radius 3 is 2.39 bits per heavy atom. The smallest absolute Gasteiger partial charge is 0.322 e. The minimum Gasteiger partial charge on any atom is -0.338 e. The molecule has 7 nitrogen and oxygen atoms in total. The van der Waals surface area contributed by atoms with Crippen LogP contribution in [0.3, 0.4) is 0 Å². The number of amides is 3. The predicted octanol–water partition coefficient (Wildman–Crippen LogP) is 5.21. The Morgan fingerprint density at radius 2 is 1.74 bits per heavy atom. The second-order valence-electron chi connectivity index (χ2n) is 11.4. The molecule has 1 aromatic heterocycles. The number of nitrogens with one attached hydrogen (secondary N) is 1. The second-order valence-corrected chi connectivity index (χ2v) is 11.9. The number of likely N-dealkylation sites (tertiary alicyclic amines) is 2. The first kappa shape index (κ1) is 26.9. The maximum absolute atomic E-state index is 13.3. The van der Waals surface area contributed by atoms with Gasteiger partial charge < -0.3 is 15.1 Å². The molecule has 1 aromatic carbocycles. The van der Waals surface area contributed by atoms with Gasteiger partial charge in [-0.1, -0.05) is 30.5 Å². The van der Waals surface area contributed by atoms with Crippen LogP contribution in [0.4, 0.5) is 10.5 Å². The number of carbonyl (C=O) groups is 2. The Hall–Kier alpha value is -2.64. The number of nitrogens with zero attached hydrogens (tertiary/aromatic N) is 4. The lowest BCUT2D eigenvalue weighted by molar-refractivity contribution is 0.0772. The van der Waals surface area contributed by atoms with Crippen LogP contribution in [0, 0.1) is 32.6 Å². The van der Waals surface area contributed by atoms with Gasteiger partial charge in [0.1, 0.15) is 0 Å². The quantitative estimate of drug-likeness (QED) is 0.526. The van der Waals surface area contributed by atoms with Crippen LogP contribution in [0.5, 0.6) is 0 Å². The van der Waals surface area contributed by atoms with E-state index < -0.39 is 0 Å². The molecule has 204 valence electrons. The first-order valence-electron chi connectivity index (χ1n) is 14.1. The van der Waals surface area contributed by atoms with E-state index in [9.17, 15) is 9.59 Å². The number of anilines is 1. The molecule has 3 heterocycles. The zero-order valence-electron chi connectivity index (χ0n) is 22.9. The summed E-state index contributed by atoms with van der Waals surface area (Å²) in [6.45, 7) is 11.1. The molecule has 0 radical (unpaired) electrons. The number of halogens is 1. The fourth-order valence-corrected chi connectivity index (χ4v) is 6.66. The average Bonchev–Trinajstić information content (AvgIpc) is 3.61. The number of aryl methyl sites for hydroxylation is 3. The molecular formula is C30H40ClN5O2. The highest BCUT2D eigenvalue weighted by Gasteiger charge is 2.42. The van der Waals surface area contributed by atoms with Gasteiger partial charge in [-0.05, 0) is 87.7 Å². The van der Waals surface area contributed by atoms with Gasteiger partial charge in [-0.3, -0.25) is 14.7 Å². The summed E-state index contributed by atoms with van der Waals surface area (Å²) in [5.74, 6) is 1.14. The van der Waals surface area contributed by atoms with Crippen molar-refractivity contribution in [2.24, 2.45) is 11.8 Å². The molecule has 0 bridgehead atoms. The van der Waals surface area contributed by atoms with Crippen LogP contribution in [0.15, 0.2) is 30.5 Å². The number of pyridine rings is 1. The maximum Gasteiger partial charge on any atom is 0.322 e. The minimum absolute atomic E-state index is 0.0229. The molecular weight excluding hydrogens is 498 g/mol. The summed E-state index contributed by atoms with van der Waals surface area (Å²) < 4.78 is 0. The maximum atomic E-state index is 13.3. The average molecular weight is 538 g/mol. The molecule has 1 saturated carbocycles. The number of urea groups is 1. The van der Waals surface area contributed by atoms with Crippen molar-refractivity contribution in [3.8, 4) is 0 Å². The van der Waals surface area contributed by atoms with E-state index >= 15 is 0 Å². The third-order valence-electron chi connectivity index (χ3n) is 8.66. The first-order valence-corrected chi connectivity index (χ1v) is 14.5. The molecule has 2 atom stereocenters. The lowest BCUT2D eigenvalue weighted by atomic mass is 10.0. The molecule has 1 aliphatic carbocycles. The molecule has 2 aliphatic heterocycles. The lowest BCUT2D eigenvalue weighted by Gasteiger charge is -2.27. The number of hydrogen-bond donors (Lipinski definition) is 1. The Labute approximate surface area is 231 Å². The zero-order chi connectivity index (χ0) is 26.8. The SMILES string of the molecule is Cc1ccc(N(CCCN2CC3CN(C(=O)c4c(C)ccnc4C)CC3C2)C(=O)NC2CCCC2)cc1Cl. The Kier molecular flexibility index (Phi) is 8.24. The van der Waals surface area contributed by atoms with E-state index in [0.717, 1.165) is 80.1 Å². The van der Waals surface area contributed by atoms with E-state index in [1.165, 1.54) is 12.8 Å². The van der Waals surface area contributed by atoms with Crippen molar-refractivity contribution in [1.29, 1.82) is 0 Å². The number of hydrogen-bond acceptors (Lipinski definition) is 4. The van der Waals surface area contributed by atoms with Gasteiger partial charge >= 0.3 is 6.03 Å². The third kappa shape index (κ3) is 5.84. The summed E-state index contributed by atoms with van der Waals surface area (Å²) >= 11 is 6.42. The van der Waals surface area contributed by atoms with E-state index in [4.69, 9.17) is 11.6 Å². The van der Waals surface area contributed by atoms with Crippen LogP contribution >= 0.6 is 11.6 Å². The van der Waals surface area contributed by atoms with E-state index in [0.29, 0.717) is 23.4 Å². The molecule has 2 aromatic rings. The zero-order valence-corrected chi connectivity index (χ0v) is 23.6. The van der Waals surface area contributed by atoms with Crippen LogP contribution < -0.4 is 10.2 Å². The van der Waals surface area contributed by atoms with Gasteiger partial charge in [0.05, 0.1) is 11.3 Å². The van der Waals surface area contributed by atoms with Gasteiger partial charge in [0.15, 0.2) is 0 Å². The van der Waals surface area contributed by atoms with Gasteiger partial charge in [-0.2, -0.15) is 0 Å². The standard InChI is InChI=1S/C30H40ClN5O2/c1-20-9-10-26(15-27(20)31)36(30(38)33-25-7-4-5-8-25)14-6-13-34-16-23-18-35(19-24(23)17-34)29(37)28-21(2)11-12-32-22(28)3/h9-12,15,23-25H,4-8,13-14,16-19H2,1-3H3,(H,33,38). The first-order chi connectivity index (χ1) is 18.3. The molecule has 8 heteroatoms. The van der Waals surface area contributed by atoms with Crippen LogP contribution in [-0.2, 0) is 0 Å². The molecule has 1 N–H and O–H groups in total. The number of rotatable bonds is 7. The molecule has 2 saturated heterocycles. The van der Waals surface area contributed by atoms with Crippen LogP contribution in [-0.4, -0.2) is 72.0 Å². The lowest BCUT2D eigenvalue weighted by Crippen LogP contribution is -2.45. The summed E-state index contributed by atoms with van der Waals surface area (Å²) in [7, 11) is 0. The van der Waals surface area contributed by atoms with E-state index in [1.807, 2.05) is 54.8 Å². The predicted molar refractivity (Wildman–Crippen MR) is 152 cm³/mol. The summed E-state index contributed by atoms with van der Waals surface area (Å²) in [6, 6.07) is 8.05. The van der Waals surface area contributed by atoms with E-state index in [-0.39, 0.29) is 18.0 Å². The number of aromatic nitrogens is 1. The van der Waals surface area contributed by atoms with Crippen LogP contribution in [0.25, 0.3) is 0 Å². The number of carbonyl (C=O) groups excluding carboxylic acids is 2. The van der Waals surface area contributed by atoms with Gasteiger partial charge in [-0.25, -0.2) is 4.79 Å². The normalized spacial score (nSPS) is 21.6. The Morgan fingerprint density at radius 1 is 1.03 bits per heavy atom. The van der Waals surface area contributed by atoms with Crippen molar-refractivity contribution in [2.75, 3.05) is 44.2 Å². The largest absolute Gasteiger partial charge is 0.338 e.